The van der Waals surface area contributed by atoms with Crippen LogP contribution in [0.1, 0.15) is 31.9 Å². The largest absolute Gasteiger partial charge is 0.463 e. The molecule has 0 amide bonds. The van der Waals surface area contributed by atoms with E-state index in [1.807, 2.05) is 44.2 Å². The van der Waals surface area contributed by atoms with Gasteiger partial charge in [0.05, 0.1) is 23.0 Å². The maximum atomic E-state index is 12.0. The highest BCUT2D eigenvalue weighted by atomic mass is 79.9. The lowest BCUT2D eigenvalue weighted by molar-refractivity contribution is -0.147. The first-order valence-corrected chi connectivity index (χ1v) is 7.82. The van der Waals surface area contributed by atoms with Gasteiger partial charge in [0, 0.05) is 12.4 Å². The Morgan fingerprint density at radius 3 is 2.45 bits per heavy atom. The maximum absolute atomic E-state index is 12.0. The molecule has 0 fully saturated rings. The van der Waals surface area contributed by atoms with Crippen molar-refractivity contribution in [2.45, 2.75) is 32.4 Å². The third-order valence-corrected chi connectivity index (χ3v) is 3.27. The summed E-state index contributed by atoms with van der Waals surface area (Å²) in [6, 6.07) is 9.47. The Morgan fingerprint density at radius 1 is 1.23 bits per heavy atom. The highest BCUT2D eigenvalue weighted by Crippen LogP contribution is 2.22. The topological polar surface area (TPSA) is 64.1 Å². The molecule has 0 bridgehead atoms. The predicted octanol–water partition coefficient (Wildman–Crippen LogP) is 3.73. The number of carbonyl (C=O) groups excluding carboxylic acids is 1. The molecule has 1 aromatic heterocycles. The Hall–Kier alpha value is -1.95. The lowest BCUT2D eigenvalue weighted by Crippen LogP contribution is -2.20. The lowest BCUT2D eigenvalue weighted by Gasteiger charge is -2.19. The van der Waals surface area contributed by atoms with Crippen molar-refractivity contribution < 1.29 is 9.53 Å². The van der Waals surface area contributed by atoms with E-state index in [4.69, 9.17) is 4.74 Å². The molecule has 1 N–H and O–H groups in total. The smallest absolute Gasteiger partial charge is 0.308 e. The van der Waals surface area contributed by atoms with Crippen molar-refractivity contribution in [3.05, 3.63) is 52.8 Å². The van der Waals surface area contributed by atoms with Crippen LogP contribution in [0.5, 0.6) is 0 Å². The third-order valence-electron chi connectivity index (χ3n) is 2.86. The second kappa shape index (κ2) is 7.89. The van der Waals surface area contributed by atoms with Gasteiger partial charge in [0.15, 0.2) is 0 Å². The molecule has 0 spiro atoms. The van der Waals surface area contributed by atoms with Gasteiger partial charge in [-0.05, 0) is 35.3 Å². The van der Waals surface area contributed by atoms with Gasteiger partial charge in [0.2, 0.25) is 5.95 Å². The summed E-state index contributed by atoms with van der Waals surface area (Å²) < 4.78 is 6.03. The first kappa shape index (κ1) is 16.4. The van der Waals surface area contributed by atoms with Gasteiger partial charge in [-0.25, -0.2) is 9.97 Å². The molecule has 1 heterocycles. The van der Waals surface area contributed by atoms with Gasteiger partial charge in [-0.2, -0.15) is 0 Å². The van der Waals surface area contributed by atoms with Crippen LogP contribution < -0.4 is 5.32 Å². The first-order chi connectivity index (χ1) is 10.5. The van der Waals surface area contributed by atoms with Crippen LogP contribution in [-0.4, -0.2) is 22.0 Å². The van der Waals surface area contributed by atoms with Crippen molar-refractivity contribution in [3.8, 4) is 0 Å². The lowest BCUT2D eigenvalue weighted by atomic mass is 10.0. The van der Waals surface area contributed by atoms with Crippen LogP contribution in [0, 0.1) is 0 Å². The highest BCUT2D eigenvalue weighted by Gasteiger charge is 2.18. The van der Waals surface area contributed by atoms with Crippen LogP contribution in [0.3, 0.4) is 0 Å². The highest BCUT2D eigenvalue weighted by molar-refractivity contribution is 9.10. The zero-order valence-corrected chi connectivity index (χ0v) is 14.1. The molecule has 2 aromatic rings. The van der Waals surface area contributed by atoms with Crippen LogP contribution in [0.15, 0.2) is 47.2 Å². The van der Waals surface area contributed by atoms with Gasteiger partial charge < -0.3 is 10.1 Å². The molecule has 0 aliphatic heterocycles. The van der Waals surface area contributed by atoms with E-state index in [2.05, 4.69) is 31.2 Å². The van der Waals surface area contributed by atoms with Crippen molar-refractivity contribution in [1.82, 2.24) is 9.97 Å². The molecule has 1 aromatic carbocycles. The van der Waals surface area contributed by atoms with Crippen molar-refractivity contribution in [2.24, 2.45) is 0 Å². The number of hydrogen-bond donors (Lipinski definition) is 1. The van der Waals surface area contributed by atoms with Crippen LogP contribution in [0.4, 0.5) is 5.95 Å². The van der Waals surface area contributed by atoms with E-state index in [0.717, 1.165) is 10.0 Å². The maximum Gasteiger partial charge on any atom is 0.308 e. The monoisotopic (exact) mass is 363 g/mol. The second-order valence-corrected chi connectivity index (χ2v) is 5.99. The summed E-state index contributed by atoms with van der Waals surface area (Å²) in [5.74, 6) is 0.211. The molecule has 116 valence electrons. The number of carbonyl (C=O) groups is 1. The number of anilines is 1. The minimum absolute atomic E-state index is 0.132. The number of aromatic nitrogens is 2. The molecule has 0 aliphatic rings. The van der Waals surface area contributed by atoms with Gasteiger partial charge >= 0.3 is 5.97 Å². The van der Waals surface area contributed by atoms with E-state index >= 15 is 0 Å². The van der Waals surface area contributed by atoms with Crippen LogP contribution in [0.2, 0.25) is 0 Å². The summed E-state index contributed by atoms with van der Waals surface area (Å²) in [7, 11) is 0. The van der Waals surface area contributed by atoms with Crippen molar-refractivity contribution in [1.29, 1.82) is 0 Å². The fourth-order valence-electron chi connectivity index (χ4n) is 1.96. The molecule has 6 heteroatoms. The van der Waals surface area contributed by atoms with Crippen molar-refractivity contribution in [3.63, 3.8) is 0 Å². The SMILES string of the molecule is CC(C)OC(=O)C[C@@H](Nc1ncc(Br)cn1)c1ccccc1. The number of esters is 1. The number of halogens is 1. The van der Waals surface area contributed by atoms with E-state index in [1.54, 1.807) is 12.4 Å². The molecule has 5 nitrogen and oxygen atoms in total. The molecule has 0 unspecified atom stereocenters. The Balaban J connectivity index is 2.14. The third kappa shape index (κ3) is 5.11. The number of ether oxygens (including phenoxy) is 1. The van der Waals surface area contributed by atoms with Gasteiger partial charge in [0.1, 0.15) is 0 Å². The Kier molecular flexibility index (Phi) is 5.89. The van der Waals surface area contributed by atoms with E-state index in [-0.39, 0.29) is 24.5 Å². The molecular weight excluding hydrogens is 346 g/mol. The number of rotatable bonds is 6. The first-order valence-electron chi connectivity index (χ1n) is 7.03. The summed E-state index contributed by atoms with van der Waals surface area (Å²) in [6.07, 6.45) is 3.39. The molecular formula is C16H18BrN3O2. The van der Waals surface area contributed by atoms with Crippen molar-refractivity contribution in [2.75, 3.05) is 5.32 Å². The molecule has 0 radical (unpaired) electrons. The quantitative estimate of drug-likeness (QED) is 0.792. The fraction of sp³-hybridized carbons (Fsp3) is 0.312. The van der Waals surface area contributed by atoms with Gasteiger partial charge in [0.25, 0.3) is 0 Å². The number of nitrogens with one attached hydrogen (secondary N) is 1. The van der Waals surface area contributed by atoms with Crippen LogP contribution in [-0.2, 0) is 9.53 Å². The van der Waals surface area contributed by atoms with Crippen LogP contribution >= 0.6 is 15.9 Å². The summed E-state index contributed by atoms with van der Waals surface area (Å²) in [4.78, 5) is 20.4. The zero-order chi connectivity index (χ0) is 15.9. The molecule has 0 aliphatic carbocycles. The Morgan fingerprint density at radius 2 is 1.86 bits per heavy atom. The molecule has 2 rings (SSSR count). The van der Waals surface area contributed by atoms with E-state index < -0.39 is 0 Å². The summed E-state index contributed by atoms with van der Waals surface area (Å²) in [6.45, 7) is 3.67. The summed E-state index contributed by atoms with van der Waals surface area (Å²) in [5.41, 5.74) is 0.981. The summed E-state index contributed by atoms with van der Waals surface area (Å²) >= 11 is 3.30. The Labute approximate surface area is 138 Å². The minimum atomic E-state index is -0.256. The Bertz CT molecular complexity index is 603. The predicted molar refractivity (Wildman–Crippen MR) is 88.4 cm³/mol. The number of benzene rings is 1. The molecule has 0 saturated carbocycles. The van der Waals surface area contributed by atoms with E-state index in [1.165, 1.54) is 0 Å². The molecule has 0 saturated heterocycles. The normalized spacial score (nSPS) is 12.0. The average molecular weight is 364 g/mol. The number of hydrogen-bond acceptors (Lipinski definition) is 5. The second-order valence-electron chi connectivity index (χ2n) is 5.08. The average Bonchev–Trinajstić information content (AvgIpc) is 2.49. The van der Waals surface area contributed by atoms with Crippen LogP contribution in [0.25, 0.3) is 0 Å². The molecule has 1 atom stereocenters. The summed E-state index contributed by atoms with van der Waals surface area (Å²) in [5, 5.41) is 3.18. The van der Waals surface area contributed by atoms with Gasteiger partial charge in [-0.3, -0.25) is 4.79 Å². The van der Waals surface area contributed by atoms with E-state index in [0.29, 0.717) is 5.95 Å². The van der Waals surface area contributed by atoms with Gasteiger partial charge in [-0.1, -0.05) is 30.3 Å². The van der Waals surface area contributed by atoms with Crippen molar-refractivity contribution >= 4 is 27.8 Å². The molecule has 22 heavy (non-hydrogen) atoms. The standard InChI is InChI=1S/C16H18BrN3O2/c1-11(2)22-15(21)8-14(12-6-4-3-5-7-12)20-16-18-9-13(17)10-19-16/h3-7,9-11,14H,8H2,1-2H3,(H,18,19,20)/t14-/m1/s1. The van der Waals surface area contributed by atoms with Gasteiger partial charge in [-0.15, -0.1) is 0 Å². The minimum Gasteiger partial charge on any atom is -0.463 e. The number of nitrogens with zero attached hydrogens (tertiary/aromatic N) is 2. The fourth-order valence-corrected chi connectivity index (χ4v) is 2.16. The zero-order valence-electron chi connectivity index (χ0n) is 12.5. The van der Waals surface area contributed by atoms with E-state index in [9.17, 15) is 4.79 Å².